The minimum Gasteiger partial charge on any atom is -0.496 e. The number of nitrogens with one attached hydrogen (secondary N) is 1. The number of rotatable bonds is 3. The highest BCUT2D eigenvalue weighted by molar-refractivity contribution is 7.71. The third kappa shape index (κ3) is 2.68. The second-order valence-corrected chi connectivity index (χ2v) is 5.17. The lowest BCUT2D eigenvalue weighted by molar-refractivity contribution is 0.416. The zero-order chi connectivity index (χ0) is 14.0. The molecule has 100 valence electrons. The lowest BCUT2D eigenvalue weighted by Crippen LogP contribution is -2.03. The van der Waals surface area contributed by atoms with Crippen molar-refractivity contribution in [3.63, 3.8) is 0 Å². The van der Waals surface area contributed by atoms with Gasteiger partial charge in [-0.1, -0.05) is 38.2 Å². The molecule has 0 aliphatic carbocycles. The number of aromatic amines is 1. The molecule has 0 bridgehead atoms. The largest absolute Gasteiger partial charge is 0.496 e. The van der Waals surface area contributed by atoms with Gasteiger partial charge in [-0.05, 0) is 19.1 Å². The molecule has 0 spiro atoms. The van der Waals surface area contributed by atoms with E-state index in [9.17, 15) is 0 Å². The molecule has 1 N–H and O–H groups in total. The van der Waals surface area contributed by atoms with Gasteiger partial charge in [-0.15, -0.1) is 0 Å². The van der Waals surface area contributed by atoms with Crippen LogP contribution in [0.5, 0.6) is 5.75 Å². The minimum absolute atomic E-state index is 0.302. The van der Waals surface area contributed by atoms with Gasteiger partial charge in [-0.2, -0.15) is 0 Å². The van der Waals surface area contributed by atoms with E-state index in [4.69, 9.17) is 17.0 Å². The number of para-hydroxylation sites is 1. The molecule has 2 aromatic rings. The number of ether oxygens (including phenoxy) is 1. The van der Waals surface area contributed by atoms with Gasteiger partial charge in [0.05, 0.1) is 12.8 Å². The molecule has 0 fully saturated rings. The van der Waals surface area contributed by atoms with Crippen molar-refractivity contribution in [3.8, 4) is 17.0 Å². The summed E-state index contributed by atoms with van der Waals surface area (Å²) in [5.74, 6) is 2.03. The molecule has 1 aromatic heterocycles. The van der Waals surface area contributed by atoms with Crippen LogP contribution in [-0.2, 0) is 0 Å². The number of benzene rings is 1. The predicted octanol–water partition coefficient (Wildman–Crippen LogP) is 4.25. The molecule has 0 aliphatic heterocycles. The Labute approximate surface area is 118 Å². The first-order valence-corrected chi connectivity index (χ1v) is 6.69. The molecule has 2 rings (SSSR count). The number of methoxy groups -OCH3 is 1. The van der Waals surface area contributed by atoms with E-state index in [0.29, 0.717) is 10.6 Å². The molecule has 0 atom stereocenters. The van der Waals surface area contributed by atoms with Crippen LogP contribution >= 0.6 is 12.2 Å². The Kier molecular flexibility index (Phi) is 4.00. The number of hydrogen-bond donors (Lipinski definition) is 1. The number of aromatic nitrogens is 2. The van der Waals surface area contributed by atoms with Crippen LogP contribution in [0.15, 0.2) is 24.3 Å². The lowest BCUT2D eigenvalue weighted by Gasteiger charge is -2.14. The SMILES string of the molecule is COc1ccccc1-c1[nH]c(C(C)C)nc(=S)c1C. The lowest BCUT2D eigenvalue weighted by atomic mass is 10.1. The average molecular weight is 274 g/mol. The molecule has 3 nitrogen and oxygen atoms in total. The third-order valence-corrected chi connectivity index (χ3v) is 3.49. The first-order valence-electron chi connectivity index (χ1n) is 6.28. The topological polar surface area (TPSA) is 37.9 Å². The fourth-order valence-corrected chi connectivity index (χ4v) is 2.14. The van der Waals surface area contributed by atoms with E-state index < -0.39 is 0 Å². The molecular formula is C15H18N2OS. The molecule has 1 aromatic carbocycles. The van der Waals surface area contributed by atoms with Crippen molar-refractivity contribution >= 4 is 12.2 Å². The summed E-state index contributed by atoms with van der Waals surface area (Å²) in [5, 5.41) is 0. The monoisotopic (exact) mass is 274 g/mol. The molecule has 1 heterocycles. The van der Waals surface area contributed by atoms with Gasteiger partial charge >= 0.3 is 0 Å². The van der Waals surface area contributed by atoms with E-state index in [1.165, 1.54) is 0 Å². The smallest absolute Gasteiger partial charge is 0.133 e. The van der Waals surface area contributed by atoms with Gasteiger partial charge in [0.1, 0.15) is 16.2 Å². The zero-order valence-corrected chi connectivity index (χ0v) is 12.5. The number of nitrogens with zero attached hydrogens (tertiary/aromatic N) is 1. The van der Waals surface area contributed by atoms with Crippen LogP contribution in [-0.4, -0.2) is 17.1 Å². The van der Waals surface area contributed by atoms with Crippen molar-refractivity contribution < 1.29 is 4.74 Å². The Hall–Kier alpha value is -1.68. The average Bonchev–Trinajstić information content (AvgIpc) is 2.41. The van der Waals surface area contributed by atoms with Crippen LogP contribution in [0.3, 0.4) is 0 Å². The van der Waals surface area contributed by atoms with Crippen molar-refractivity contribution in [1.82, 2.24) is 9.97 Å². The second kappa shape index (κ2) is 5.53. The van der Waals surface area contributed by atoms with Crippen LogP contribution in [0, 0.1) is 11.6 Å². The van der Waals surface area contributed by atoms with Gasteiger partial charge in [0.15, 0.2) is 0 Å². The highest BCUT2D eigenvalue weighted by atomic mass is 32.1. The van der Waals surface area contributed by atoms with Crippen LogP contribution in [0.25, 0.3) is 11.3 Å². The van der Waals surface area contributed by atoms with Crippen molar-refractivity contribution in [3.05, 3.63) is 40.3 Å². The normalized spacial score (nSPS) is 10.8. The second-order valence-electron chi connectivity index (χ2n) is 4.78. The Balaban J connectivity index is 2.71. The maximum absolute atomic E-state index is 5.42. The Bertz CT molecular complexity index is 647. The van der Waals surface area contributed by atoms with E-state index in [1.807, 2.05) is 31.2 Å². The molecule has 0 aliphatic rings. The van der Waals surface area contributed by atoms with Gasteiger partial charge < -0.3 is 9.72 Å². The summed E-state index contributed by atoms with van der Waals surface area (Å²) in [4.78, 5) is 7.82. The molecule has 19 heavy (non-hydrogen) atoms. The molecule has 0 radical (unpaired) electrons. The van der Waals surface area contributed by atoms with Crippen molar-refractivity contribution in [2.45, 2.75) is 26.7 Å². The van der Waals surface area contributed by atoms with E-state index in [1.54, 1.807) is 7.11 Å². The Morgan fingerprint density at radius 1 is 1.26 bits per heavy atom. The van der Waals surface area contributed by atoms with E-state index in [2.05, 4.69) is 23.8 Å². The summed E-state index contributed by atoms with van der Waals surface area (Å²) in [5.41, 5.74) is 2.97. The predicted molar refractivity (Wildman–Crippen MR) is 80.2 cm³/mol. The van der Waals surface area contributed by atoms with Crippen molar-refractivity contribution in [1.29, 1.82) is 0 Å². The Morgan fingerprint density at radius 3 is 2.58 bits per heavy atom. The van der Waals surface area contributed by atoms with Gasteiger partial charge in [-0.25, -0.2) is 4.98 Å². The van der Waals surface area contributed by atoms with Gasteiger partial charge in [0.2, 0.25) is 0 Å². The molecule has 0 unspecified atom stereocenters. The van der Waals surface area contributed by atoms with Gasteiger partial charge in [0.25, 0.3) is 0 Å². The summed E-state index contributed by atoms with van der Waals surface area (Å²) < 4.78 is 6.06. The molecular weight excluding hydrogens is 256 g/mol. The number of hydrogen-bond acceptors (Lipinski definition) is 3. The highest BCUT2D eigenvalue weighted by Crippen LogP contribution is 2.31. The molecule has 0 saturated heterocycles. The standard InChI is InChI=1S/C15H18N2OS/c1-9(2)14-16-13(10(3)15(19)17-14)11-7-5-6-8-12(11)18-4/h5-9H,1-4H3,(H,16,17,19). The summed E-state index contributed by atoms with van der Waals surface area (Å²) in [6.07, 6.45) is 0. The van der Waals surface area contributed by atoms with E-state index in [0.717, 1.165) is 28.4 Å². The maximum atomic E-state index is 5.42. The first-order chi connectivity index (χ1) is 9.04. The Morgan fingerprint density at radius 2 is 1.95 bits per heavy atom. The highest BCUT2D eigenvalue weighted by Gasteiger charge is 2.12. The third-order valence-electron chi connectivity index (χ3n) is 3.09. The maximum Gasteiger partial charge on any atom is 0.133 e. The van der Waals surface area contributed by atoms with E-state index in [-0.39, 0.29) is 0 Å². The number of H-pyrrole nitrogens is 1. The van der Waals surface area contributed by atoms with Crippen LogP contribution < -0.4 is 4.74 Å². The summed E-state index contributed by atoms with van der Waals surface area (Å²) in [6, 6.07) is 7.91. The zero-order valence-electron chi connectivity index (χ0n) is 11.7. The van der Waals surface area contributed by atoms with E-state index >= 15 is 0 Å². The molecule has 0 saturated carbocycles. The minimum atomic E-state index is 0.302. The van der Waals surface area contributed by atoms with Crippen molar-refractivity contribution in [2.24, 2.45) is 0 Å². The molecule has 4 heteroatoms. The fraction of sp³-hybridized carbons (Fsp3) is 0.333. The van der Waals surface area contributed by atoms with Crippen LogP contribution in [0.2, 0.25) is 0 Å². The van der Waals surface area contributed by atoms with Crippen LogP contribution in [0.4, 0.5) is 0 Å². The molecule has 0 amide bonds. The van der Waals surface area contributed by atoms with Gasteiger partial charge in [-0.3, -0.25) is 0 Å². The van der Waals surface area contributed by atoms with Crippen LogP contribution in [0.1, 0.15) is 31.2 Å². The summed E-state index contributed by atoms with van der Waals surface area (Å²) >= 11 is 5.36. The fourth-order valence-electron chi connectivity index (χ4n) is 1.94. The summed E-state index contributed by atoms with van der Waals surface area (Å²) in [7, 11) is 1.67. The first kappa shape index (κ1) is 13.7. The summed E-state index contributed by atoms with van der Waals surface area (Å²) in [6.45, 7) is 6.17. The van der Waals surface area contributed by atoms with Gasteiger partial charge in [0, 0.05) is 17.0 Å². The quantitative estimate of drug-likeness (QED) is 0.850. The van der Waals surface area contributed by atoms with Crippen molar-refractivity contribution in [2.75, 3.05) is 7.11 Å².